The average molecular weight is 369 g/mol. The van der Waals surface area contributed by atoms with Crippen LogP contribution in [0.15, 0.2) is 42.5 Å². The molecular formula is C21H23NO3S. The number of benzene rings is 2. The van der Waals surface area contributed by atoms with Crippen LogP contribution in [0.5, 0.6) is 0 Å². The first-order valence-electron chi connectivity index (χ1n) is 8.68. The number of carbonyl (C=O) groups excluding carboxylic acids is 1. The monoisotopic (exact) mass is 369 g/mol. The molecule has 1 aliphatic heterocycles. The summed E-state index contributed by atoms with van der Waals surface area (Å²) in [6.45, 7) is 6.48. The standard InChI is InChI=1S/C21H23NO3S/c1-13-9-14(2)20(15(3)10-13)17-12-25-21(26)22(17)19(24)11-18(23)16-7-5-4-6-8-16/h4-10,17-18,23H,11-12H2,1-3H3/t17-,18-/m0/s1. The number of hydrogen-bond acceptors (Lipinski definition) is 4. The molecule has 1 heterocycles. The Morgan fingerprint density at radius 1 is 1.23 bits per heavy atom. The number of amides is 1. The first-order valence-corrected chi connectivity index (χ1v) is 9.09. The highest BCUT2D eigenvalue weighted by Gasteiger charge is 2.38. The molecule has 4 nitrogen and oxygen atoms in total. The van der Waals surface area contributed by atoms with Crippen molar-refractivity contribution in [3.05, 3.63) is 70.3 Å². The lowest BCUT2D eigenvalue weighted by Crippen LogP contribution is -2.35. The zero-order valence-corrected chi connectivity index (χ0v) is 16.0. The number of rotatable bonds is 4. The van der Waals surface area contributed by atoms with Gasteiger partial charge < -0.3 is 9.84 Å². The van der Waals surface area contributed by atoms with Crippen molar-refractivity contribution >= 4 is 23.3 Å². The Hall–Kier alpha value is -2.24. The molecule has 1 amide bonds. The van der Waals surface area contributed by atoms with Gasteiger partial charge in [0.25, 0.3) is 5.17 Å². The van der Waals surface area contributed by atoms with Gasteiger partial charge in [-0.1, -0.05) is 48.0 Å². The van der Waals surface area contributed by atoms with E-state index in [1.165, 1.54) is 10.5 Å². The van der Waals surface area contributed by atoms with Gasteiger partial charge in [0, 0.05) is 0 Å². The molecule has 0 aliphatic carbocycles. The second kappa shape index (κ2) is 7.56. The van der Waals surface area contributed by atoms with Crippen molar-refractivity contribution in [2.75, 3.05) is 6.61 Å². The molecule has 2 aromatic rings. The van der Waals surface area contributed by atoms with Gasteiger partial charge in [-0.15, -0.1) is 0 Å². The predicted molar refractivity (Wildman–Crippen MR) is 105 cm³/mol. The normalized spacial score (nSPS) is 17.9. The predicted octanol–water partition coefficient (Wildman–Crippen LogP) is 3.92. The van der Waals surface area contributed by atoms with Crippen LogP contribution in [0.25, 0.3) is 0 Å². The van der Waals surface area contributed by atoms with E-state index < -0.39 is 6.10 Å². The molecule has 1 N–H and O–H groups in total. The van der Waals surface area contributed by atoms with Gasteiger partial charge in [-0.25, -0.2) is 0 Å². The zero-order valence-electron chi connectivity index (χ0n) is 15.2. The number of thiocarbonyl (C=S) groups is 1. The second-order valence-corrected chi connectivity index (χ2v) is 7.15. The highest BCUT2D eigenvalue weighted by molar-refractivity contribution is 7.80. The summed E-state index contributed by atoms with van der Waals surface area (Å²) in [5.41, 5.74) is 5.19. The molecule has 0 spiro atoms. The molecule has 26 heavy (non-hydrogen) atoms. The van der Waals surface area contributed by atoms with Gasteiger partial charge >= 0.3 is 0 Å². The first kappa shape index (κ1) is 18.5. The lowest BCUT2D eigenvalue weighted by atomic mass is 9.93. The summed E-state index contributed by atoms with van der Waals surface area (Å²) >= 11 is 5.28. The smallest absolute Gasteiger partial charge is 0.266 e. The Morgan fingerprint density at radius 3 is 2.46 bits per heavy atom. The minimum Gasteiger partial charge on any atom is -0.468 e. The Bertz CT molecular complexity index is 811. The maximum atomic E-state index is 12.9. The Balaban J connectivity index is 1.85. The van der Waals surface area contributed by atoms with Crippen molar-refractivity contribution in [1.82, 2.24) is 4.90 Å². The maximum Gasteiger partial charge on any atom is 0.266 e. The SMILES string of the molecule is Cc1cc(C)c([C@@H]2COC(=S)N2C(=O)C[C@H](O)c2ccccc2)c(C)c1. The van der Waals surface area contributed by atoms with E-state index >= 15 is 0 Å². The summed E-state index contributed by atoms with van der Waals surface area (Å²) in [6, 6.07) is 13.1. The molecule has 2 aromatic carbocycles. The van der Waals surface area contributed by atoms with E-state index in [2.05, 4.69) is 19.1 Å². The van der Waals surface area contributed by atoms with Gasteiger partial charge in [-0.2, -0.15) is 0 Å². The molecule has 1 saturated heterocycles. The molecule has 3 rings (SSSR count). The third-order valence-electron chi connectivity index (χ3n) is 4.77. The van der Waals surface area contributed by atoms with Crippen LogP contribution in [-0.4, -0.2) is 27.7 Å². The molecule has 1 fully saturated rings. The third-order valence-corrected chi connectivity index (χ3v) is 5.08. The van der Waals surface area contributed by atoms with Gasteiger partial charge in [0.05, 0.1) is 12.5 Å². The van der Waals surface area contributed by atoms with E-state index in [4.69, 9.17) is 17.0 Å². The molecule has 0 unspecified atom stereocenters. The van der Waals surface area contributed by atoms with Crippen LogP contribution in [0.2, 0.25) is 0 Å². The van der Waals surface area contributed by atoms with Crippen LogP contribution < -0.4 is 0 Å². The lowest BCUT2D eigenvalue weighted by molar-refractivity contribution is -0.130. The van der Waals surface area contributed by atoms with Crippen molar-refractivity contribution in [3.8, 4) is 0 Å². The molecule has 0 saturated carbocycles. The Kier molecular flexibility index (Phi) is 5.39. The second-order valence-electron chi connectivity index (χ2n) is 6.80. The average Bonchev–Trinajstić information content (AvgIpc) is 2.96. The summed E-state index contributed by atoms with van der Waals surface area (Å²) < 4.78 is 5.54. The van der Waals surface area contributed by atoms with Crippen molar-refractivity contribution < 1.29 is 14.6 Å². The number of carbonyl (C=O) groups is 1. The van der Waals surface area contributed by atoms with E-state index in [1.54, 1.807) is 0 Å². The van der Waals surface area contributed by atoms with Crippen molar-refractivity contribution in [2.45, 2.75) is 39.3 Å². The lowest BCUT2D eigenvalue weighted by Gasteiger charge is -2.25. The largest absolute Gasteiger partial charge is 0.468 e. The Labute approximate surface area is 159 Å². The number of aliphatic hydroxyl groups is 1. The van der Waals surface area contributed by atoms with Crippen LogP contribution >= 0.6 is 12.2 Å². The molecule has 136 valence electrons. The molecule has 1 aliphatic rings. The minimum atomic E-state index is -0.868. The first-order chi connectivity index (χ1) is 12.4. The summed E-state index contributed by atoms with van der Waals surface area (Å²) in [5.74, 6) is -0.228. The van der Waals surface area contributed by atoms with Crippen LogP contribution in [0.4, 0.5) is 0 Å². The van der Waals surface area contributed by atoms with Crippen molar-refractivity contribution in [2.24, 2.45) is 0 Å². The molecular weight excluding hydrogens is 346 g/mol. The summed E-state index contributed by atoms with van der Waals surface area (Å²) in [5, 5.41) is 10.6. The van der Waals surface area contributed by atoms with Gasteiger partial charge in [0.1, 0.15) is 12.6 Å². The fourth-order valence-electron chi connectivity index (χ4n) is 3.68. The number of ether oxygens (including phenoxy) is 1. The Morgan fingerprint density at radius 2 is 1.85 bits per heavy atom. The molecule has 5 heteroatoms. The van der Waals surface area contributed by atoms with Crippen LogP contribution in [0, 0.1) is 20.8 Å². The van der Waals surface area contributed by atoms with Gasteiger partial charge in [0.2, 0.25) is 5.91 Å². The number of hydrogen-bond donors (Lipinski definition) is 1. The maximum absolute atomic E-state index is 12.9. The highest BCUT2D eigenvalue weighted by Crippen LogP contribution is 2.34. The minimum absolute atomic E-state index is 0.0338. The molecule has 0 bridgehead atoms. The van der Waals surface area contributed by atoms with E-state index in [0.717, 1.165) is 16.7 Å². The van der Waals surface area contributed by atoms with Gasteiger partial charge in [-0.05, 0) is 55.2 Å². The fourth-order valence-corrected chi connectivity index (χ4v) is 3.98. The summed E-state index contributed by atoms with van der Waals surface area (Å²) in [4.78, 5) is 14.4. The number of aryl methyl sites for hydroxylation is 3. The summed E-state index contributed by atoms with van der Waals surface area (Å²) in [7, 11) is 0. The molecule has 2 atom stereocenters. The van der Waals surface area contributed by atoms with Crippen LogP contribution in [0.3, 0.4) is 0 Å². The van der Waals surface area contributed by atoms with Crippen molar-refractivity contribution in [3.63, 3.8) is 0 Å². The van der Waals surface area contributed by atoms with Crippen LogP contribution in [0.1, 0.15) is 46.4 Å². The van der Waals surface area contributed by atoms with Crippen molar-refractivity contribution in [1.29, 1.82) is 0 Å². The van der Waals surface area contributed by atoms with E-state index in [-0.39, 0.29) is 23.5 Å². The van der Waals surface area contributed by atoms with Crippen LogP contribution in [-0.2, 0) is 9.53 Å². The quantitative estimate of drug-likeness (QED) is 0.830. The van der Waals surface area contributed by atoms with E-state index in [1.807, 2.05) is 44.2 Å². The fraction of sp³-hybridized carbons (Fsp3) is 0.333. The topological polar surface area (TPSA) is 49.8 Å². The van der Waals surface area contributed by atoms with Gasteiger partial charge in [0.15, 0.2) is 0 Å². The summed E-state index contributed by atoms with van der Waals surface area (Å²) in [6.07, 6.45) is -0.901. The molecule has 0 radical (unpaired) electrons. The highest BCUT2D eigenvalue weighted by atomic mass is 32.1. The zero-order chi connectivity index (χ0) is 18.8. The third kappa shape index (κ3) is 3.64. The van der Waals surface area contributed by atoms with E-state index in [9.17, 15) is 9.90 Å². The number of nitrogens with zero attached hydrogens (tertiary/aromatic N) is 1. The molecule has 0 aromatic heterocycles. The van der Waals surface area contributed by atoms with Gasteiger partial charge in [-0.3, -0.25) is 9.69 Å². The number of aliphatic hydroxyl groups excluding tert-OH is 1. The van der Waals surface area contributed by atoms with E-state index in [0.29, 0.717) is 12.2 Å².